The predicted octanol–water partition coefficient (Wildman–Crippen LogP) is 2.57. The number of halogens is 2. The van der Waals surface area contributed by atoms with E-state index in [4.69, 9.17) is 0 Å². The van der Waals surface area contributed by atoms with Crippen LogP contribution in [0.4, 0.5) is 0 Å². The van der Waals surface area contributed by atoms with Crippen molar-refractivity contribution in [1.82, 2.24) is 14.9 Å². The normalized spacial score (nSPS) is 19.7. The average molecular weight is 266 g/mol. The minimum absolute atomic E-state index is 0. The molecule has 2 rings (SSSR count). The van der Waals surface area contributed by atoms with Gasteiger partial charge in [-0.05, 0) is 32.7 Å². The zero-order valence-corrected chi connectivity index (χ0v) is 11.3. The lowest BCUT2D eigenvalue weighted by Crippen LogP contribution is -2.34. The number of nitrogens with zero attached hydrogens (tertiary/aromatic N) is 2. The lowest BCUT2D eigenvalue weighted by atomic mass is 10.0. The van der Waals surface area contributed by atoms with Crippen LogP contribution >= 0.6 is 24.8 Å². The third kappa shape index (κ3) is 4.32. The molecule has 16 heavy (non-hydrogen) atoms. The fourth-order valence-electron chi connectivity index (χ4n) is 2.11. The van der Waals surface area contributed by atoms with Crippen LogP contribution in [0.25, 0.3) is 0 Å². The first-order chi connectivity index (χ1) is 6.86. The molecule has 1 saturated heterocycles. The molecule has 0 aromatic carbocycles. The standard InChI is InChI=1S/C11H19N3.2ClH/c1-10-12-7-9-14(10)8-5-11-4-2-3-6-13-11;;/h7,9,11,13H,2-6,8H2,1H3;2*1H. The lowest BCUT2D eigenvalue weighted by Gasteiger charge is -2.23. The monoisotopic (exact) mass is 265 g/mol. The molecule has 1 N–H and O–H groups in total. The summed E-state index contributed by atoms with van der Waals surface area (Å²) in [7, 11) is 0. The van der Waals surface area contributed by atoms with Crippen LogP contribution < -0.4 is 5.32 Å². The van der Waals surface area contributed by atoms with E-state index in [0.717, 1.165) is 18.4 Å². The Kier molecular flexibility index (Phi) is 7.81. The summed E-state index contributed by atoms with van der Waals surface area (Å²) in [5.41, 5.74) is 0. The van der Waals surface area contributed by atoms with Crippen molar-refractivity contribution in [3.63, 3.8) is 0 Å². The Morgan fingerprint density at radius 3 is 2.81 bits per heavy atom. The predicted molar refractivity (Wildman–Crippen MR) is 71.7 cm³/mol. The molecule has 2 heterocycles. The second-order valence-electron chi connectivity index (χ2n) is 4.10. The molecule has 1 atom stereocenters. The van der Waals surface area contributed by atoms with E-state index in [1.165, 1.54) is 32.2 Å². The van der Waals surface area contributed by atoms with Gasteiger partial charge in [0, 0.05) is 25.0 Å². The van der Waals surface area contributed by atoms with Gasteiger partial charge in [0.05, 0.1) is 0 Å². The van der Waals surface area contributed by atoms with E-state index in [1.54, 1.807) is 0 Å². The molecule has 1 aliphatic rings. The highest BCUT2D eigenvalue weighted by atomic mass is 35.5. The van der Waals surface area contributed by atoms with Crippen molar-refractivity contribution in [3.05, 3.63) is 18.2 Å². The number of rotatable bonds is 3. The topological polar surface area (TPSA) is 29.9 Å². The molecule has 1 aliphatic heterocycles. The molecule has 0 spiro atoms. The summed E-state index contributed by atoms with van der Waals surface area (Å²) in [5.74, 6) is 1.13. The van der Waals surface area contributed by atoms with Crippen LogP contribution in [0.1, 0.15) is 31.5 Å². The first-order valence-electron chi connectivity index (χ1n) is 5.57. The third-order valence-electron chi connectivity index (χ3n) is 3.05. The summed E-state index contributed by atoms with van der Waals surface area (Å²) in [6.07, 6.45) is 9.26. The van der Waals surface area contributed by atoms with Gasteiger partial charge in [0.25, 0.3) is 0 Å². The van der Waals surface area contributed by atoms with Crippen LogP contribution in [-0.2, 0) is 6.54 Å². The van der Waals surface area contributed by atoms with Gasteiger partial charge < -0.3 is 9.88 Å². The van der Waals surface area contributed by atoms with E-state index >= 15 is 0 Å². The van der Waals surface area contributed by atoms with E-state index in [-0.39, 0.29) is 24.8 Å². The number of aromatic nitrogens is 2. The molecular formula is C11H21Cl2N3. The SMILES string of the molecule is Cc1nccn1CCC1CCCCN1.Cl.Cl. The average Bonchev–Trinajstić information content (AvgIpc) is 2.63. The maximum absolute atomic E-state index is 4.22. The fourth-order valence-corrected chi connectivity index (χ4v) is 2.11. The molecule has 1 aromatic rings. The Balaban J connectivity index is 0.00000112. The summed E-state index contributed by atoms with van der Waals surface area (Å²) in [6.45, 7) is 4.37. The molecule has 0 radical (unpaired) electrons. The van der Waals surface area contributed by atoms with Crippen molar-refractivity contribution >= 4 is 24.8 Å². The minimum Gasteiger partial charge on any atom is -0.335 e. The number of hydrogen-bond acceptors (Lipinski definition) is 2. The summed E-state index contributed by atoms with van der Waals surface area (Å²) in [6, 6.07) is 0.727. The highest BCUT2D eigenvalue weighted by Gasteiger charge is 2.12. The van der Waals surface area contributed by atoms with E-state index in [0.29, 0.717) is 0 Å². The van der Waals surface area contributed by atoms with E-state index in [9.17, 15) is 0 Å². The molecule has 3 nitrogen and oxygen atoms in total. The van der Waals surface area contributed by atoms with Crippen LogP contribution in [0.2, 0.25) is 0 Å². The maximum Gasteiger partial charge on any atom is 0.105 e. The van der Waals surface area contributed by atoms with Gasteiger partial charge in [-0.15, -0.1) is 24.8 Å². The van der Waals surface area contributed by atoms with Crippen molar-refractivity contribution in [2.75, 3.05) is 6.54 Å². The Bertz CT molecular complexity index is 283. The molecule has 1 fully saturated rings. The third-order valence-corrected chi connectivity index (χ3v) is 3.05. The van der Waals surface area contributed by atoms with Crippen molar-refractivity contribution in [2.45, 2.75) is 45.2 Å². The number of imidazole rings is 1. The summed E-state index contributed by atoms with van der Waals surface area (Å²) in [4.78, 5) is 4.22. The molecule has 0 aliphatic carbocycles. The van der Waals surface area contributed by atoms with E-state index in [2.05, 4.69) is 28.0 Å². The Morgan fingerprint density at radius 2 is 2.25 bits per heavy atom. The van der Waals surface area contributed by atoms with Gasteiger partial charge >= 0.3 is 0 Å². The number of nitrogens with one attached hydrogen (secondary N) is 1. The number of aryl methyl sites for hydroxylation is 2. The van der Waals surface area contributed by atoms with Crippen LogP contribution in [0.3, 0.4) is 0 Å². The molecule has 94 valence electrons. The first kappa shape index (κ1) is 15.8. The van der Waals surface area contributed by atoms with E-state index in [1.807, 2.05) is 6.20 Å². The van der Waals surface area contributed by atoms with Gasteiger partial charge in [-0.2, -0.15) is 0 Å². The highest BCUT2D eigenvalue weighted by molar-refractivity contribution is 5.85. The van der Waals surface area contributed by atoms with Crippen molar-refractivity contribution in [3.8, 4) is 0 Å². The Labute approximate surface area is 110 Å². The number of piperidine rings is 1. The van der Waals surface area contributed by atoms with Gasteiger partial charge in [-0.25, -0.2) is 4.98 Å². The molecule has 1 aromatic heterocycles. The zero-order chi connectivity index (χ0) is 9.80. The molecule has 1 unspecified atom stereocenters. The van der Waals surface area contributed by atoms with E-state index < -0.39 is 0 Å². The van der Waals surface area contributed by atoms with Crippen LogP contribution in [0.5, 0.6) is 0 Å². The largest absolute Gasteiger partial charge is 0.335 e. The quantitative estimate of drug-likeness (QED) is 0.911. The minimum atomic E-state index is 0. The second-order valence-corrected chi connectivity index (χ2v) is 4.10. The second kappa shape index (κ2) is 7.93. The smallest absolute Gasteiger partial charge is 0.105 e. The van der Waals surface area contributed by atoms with Crippen LogP contribution in [0, 0.1) is 6.92 Å². The molecule has 0 saturated carbocycles. The fraction of sp³-hybridized carbons (Fsp3) is 0.727. The first-order valence-corrected chi connectivity index (χ1v) is 5.57. The van der Waals surface area contributed by atoms with Gasteiger partial charge in [0.15, 0.2) is 0 Å². The van der Waals surface area contributed by atoms with Crippen molar-refractivity contribution in [2.24, 2.45) is 0 Å². The van der Waals surface area contributed by atoms with Gasteiger partial charge in [-0.3, -0.25) is 0 Å². The van der Waals surface area contributed by atoms with Gasteiger partial charge in [0.2, 0.25) is 0 Å². The van der Waals surface area contributed by atoms with Crippen LogP contribution in [-0.4, -0.2) is 22.1 Å². The van der Waals surface area contributed by atoms with Gasteiger partial charge in [0.1, 0.15) is 5.82 Å². The number of hydrogen-bond donors (Lipinski definition) is 1. The summed E-state index contributed by atoms with van der Waals surface area (Å²) in [5, 5.41) is 3.57. The van der Waals surface area contributed by atoms with Crippen LogP contribution in [0.15, 0.2) is 12.4 Å². The lowest BCUT2D eigenvalue weighted by molar-refractivity contribution is 0.365. The molecule has 0 amide bonds. The molecule has 5 heteroatoms. The zero-order valence-electron chi connectivity index (χ0n) is 9.69. The Morgan fingerprint density at radius 1 is 1.44 bits per heavy atom. The van der Waals surface area contributed by atoms with Crippen molar-refractivity contribution < 1.29 is 0 Å². The van der Waals surface area contributed by atoms with Gasteiger partial charge in [-0.1, -0.05) is 6.42 Å². The summed E-state index contributed by atoms with van der Waals surface area (Å²) < 4.78 is 2.23. The summed E-state index contributed by atoms with van der Waals surface area (Å²) >= 11 is 0. The molecular weight excluding hydrogens is 245 g/mol. The molecule has 0 bridgehead atoms. The highest BCUT2D eigenvalue weighted by Crippen LogP contribution is 2.11. The Hall–Kier alpha value is -0.250. The maximum atomic E-state index is 4.22. The van der Waals surface area contributed by atoms with Crippen molar-refractivity contribution in [1.29, 1.82) is 0 Å².